The molecule has 0 heterocycles. The van der Waals surface area contributed by atoms with Gasteiger partial charge in [0.2, 0.25) is 0 Å². The summed E-state index contributed by atoms with van der Waals surface area (Å²) < 4.78 is 13.0. The van der Waals surface area contributed by atoms with Crippen LogP contribution in [0.5, 0.6) is 0 Å². The van der Waals surface area contributed by atoms with Crippen LogP contribution < -0.4 is 0 Å². The second kappa shape index (κ2) is 6.26. The number of thioether (sulfide) groups is 1. The Kier molecular flexibility index (Phi) is 6.11. The third-order valence-electron chi connectivity index (χ3n) is 1.65. The van der Waals surface area contributed by atoms with Gasteiger partial charge in [-0.15, -0.1) is 21.4 Å². The van der Waals surface area contributed by atoms with Crippen LogP contribution in [0.1, 0.15) is 13.8 Å². The highest BCUT2D eigenvalue weighted by molar-refractivity contribution is 8.02. The Morgan fingerprint density at radius 2 is 2.33 bits per heavy atom. The predicted octanol–water partition coefficient (Wildman–Crippen LogP) is 3.01. The van der Waals surface area contributed by atoms with Crippen LogP contribution in [0.4, 0.5) is 4.48 Å². The van der Waals surface area contributed by atoms with E-state index in [0.29, 0.717) is 6.54 Å². The Morgan fingerprint density at radius 1 is 1.75 bits per heavy atom. The van der Waals surface area contributed by atoms with E-state index in [1.807, 2.05) is 19.3 Å². The fourth-order valence-electron chi connectivity index (χ4n) is 0.906. The Labute approximate surface area is 78.3 Å². The van der Waals surface area contributed by atoms with Gasteiger partial charge in [0, 0.05) is 11.4 Å². The molecule has 0 saturated heterocycles. The second-order valence-electron chi connectivity index (χ2n) is 2.40. The van der Waals surface area contributed by atoms with Crippen LogP contribution in [-0.4, -0.2) is 24.0 Å². The van der Waals surface area contributed by atoms with E-state index in [9.17, 15) is 4.48 Å². The highest BCUT2D eigenvalue weighted by atomic mass is 32.2. The van der Waals surface area contributed by atoms with Gasteiger partial charge in [-0.25, -0.2) is 0 Å². The van der Waals surface area contributed by atoms with Gasteiger partial charge in [-0.3, -0.25) is 0 Å². The lowest BCUT2D eigenvalue weighted by atomic mass is 10.3. The molecule has 12 heavy (non-hydrogen) atoms. The molecule has 0 amide bonds. The Hall–Kier alpha value is -0.280. The minimum Gasteiger partial charge on any atom is -0.139 e. The fraction of sp³-hybridized carbons (Fsp3) is 0.556. The molecule has 0 fully saturated rings. The van der Waals surface area contributed by atoms with E-state index in [-0.39, 0.29) is 6.04 Å². The molecule has 0 N–H and O–H groups in total. The third-order valence-corrected chi connectivity index (χ3v) is 2.60. The van der Waals surface area contributed by atoms with Crippen molar-refractivity contribution in [1.82, 2.24) is 5.12 Å². The van der Waals surface area contributed by atoms with E-state index in [2.05, 4.69) is 6.58 Å². The van der Waals surface area contributed by atoms with Gasteiger partial charge >= 0.3 is 0 Å². The summed E-state index contributed by atoms with van der Waals surface area (Å²) in [7, 11) is 0. The minimum atomic E-state index is -0.164. The monoisotopic (exact) mass is 189 g/mol. The molecular weight excluding hydrogens is 173 g/mol. The lowest BCUT2D eigenvalue weighted by molar-refractivity contribution is 0.00798. The topological polar surface area (TPSA) is 3.24 Å². The van der Waals surface area contributed by atoms with E-state index in [0.717, 1.165) is 10.0 Å². The molecule has 1 unspecified atom stereocenters. The molecule has 3 heteroatoms. The molecule has 0 bridgehead atoms. The van der Waals surface area contributed by atoms with Gasteiger partial charge in [0.05, 0.1) is 6.04 Å². The predicted molar refractivity (Wildman–Crippen MR) is 54.7 cm³/mol. The maximum absolute atomic E-state index is 13.0. The van der Waals surface area contributed by atoms with Crippen LogP contribution in [0, 0.1) is 0 Å². The molecule has 0 aliphatic rings. The summed E-state index contributed by atoms with van der Waals surface area (Å²) in [6.45, 7) is 7.63. The van der Waals surface area contributed by atoms with Crippen molar-refractivity contribution in [3.05, 3.63) is 23.6 Å². The molecule has 0 aromatic carbocycles. The first-order valence-corrected chi connectivity index (χ1v) is 5.18. The number of rotatable bonds is 5. The summed E-state index contributed by atoms with van der Waals surface area (Å²) in [5.41, 5.74) is 0. The van der Waals surface area contributed by atoms with Crippen molar-refractivity contribution >= 4 is 11.8 Å². The second-order valence-corrected chi connectivity index (χ2v) is 3.28. The van der Waals surface area contributed by atoms with Crippen molar-refractivity contribution in [3.63, 3.8) is 0 Å². The van der Waals surface area contributed by atoms with Crippen LogP contribution >= 0.6 is 11.8 Å². The number of hydrogen-bond acceptors (Lipinski definition) is 2. The van der Waals surface area contributed by atoms with Crippen molar-refractivity contribution in [2.75, 3.05) is 12.8 Å². The zero-order chi connectivity index (χ0) is 9.56. The van der Waals surface area contributed by atoms with E-state index < -0.39 is 0 Å². The average molecular weight is 189 g/mol. The van der Waals surface area contributed by atoms with Gasteiger partial charge in [0.15, 0.2) is 0 Å². The first-order valence-electron chi connectivity index (χ1n) is 3.96. The molecule has 0 aliphatic heterocycles. The molecule has 0 radical (unpaired) electrons. The molecule has 1 atom stereocenters. The van der Waals surface area contributed by atoms with Gasteiger partial charge in [0.25, 0.3) is 0 Å². The van der Waals surface area contributed by atoms with Crippen molar-refractivity contribution < 1.29 is 4.48 Å². The highest BCUT2D eigenvalue weighted by Gasteiger charge is 2.14. The van der Waals surface area contributed by atoms with Gasteiger partial charge in [-0.2, -0.15) is 0 Å². The largest absolute Gasteiger partial charge is 0.139 e. The van der Waals surface area contributed by atoms with Crippen LogP contribution in [-0.2, 0) is 0 Å². The van der Waals surface area contributed by atoms with Gasteiger partial charge in [-0.1, -0.05) is 18.7 Å². The van der Waals surface area contributed by atoms with E-state index in [4.69, 9.17) is 0 Å². The number of likely N-dealkylation sites (N-methyl/N-ethyl adjacent to an activating group) is 1. The van der Waals surface area contributed by atoms with E-state index >= 15 is 0 Å². The normalized spacial score (nSPS) is 14.9. The molecule has 0 aromatic heterocycles. The van der Waals surface area contributed by atoms with Gasteiger partial charge < -0.3 is 0 Å². The summed E-state index contributed by atoms with van der Waals surface area (Å²) in [4.78, 5) is 0.995. The minimum absolute atomic E-state index is 0.164. The molecule has 0 aliphatic carbocycles. The number of allylic oxidation sites excluding steroid dienone is 2. The van der Waals surface area contributed by atoms with E-state index in [1.54, 1.807) is 24.8 Å². The third kappa shape index (κ3) is 3.41. The van der Waals surface area contributed by atoms with Crippen LogP contribution in [0.15, 0.2) is 23.6 Å². The quantitative estimate of drug-likeness (QED) is 0.483. The van der Waals surface area contributed by atoms with Crippen molar-refractivity contribution in [2.45, 2.75) is 19.9 Å². The summed E-state index contributed by atoms with van der Waals surface area (Å²) >= 11 is 1.55. The summed E-state index contributed by atoms with van der Waals surface area (Å²) in [6.07, 6.45) is 5.47. The lowest BCUT2D eigenvalue weighted by Crippen LogP contribution is -2.25. The zero-order valence-electron chi connectivity index (χ0n) is 7.88. The lowest BCUT2D eigenvalue weighted by Gasteiger charge is -2.19. The first kappa shape index (κ1) is 11.7. The summed E-state index contributed by atoms with van der Waals surface area (Å²) in [5.74, 6) is 0. The highest BCUT2D eigenvalue weighted by Crippen LogP contribution is 2.20. The van der Waals surface area contributed by atoms with Crippen LogP contribution in [0.2, 0.25) is 0 Å². The molecular formula is C9H16FNS. The molecule has 1 nitrogen and oxygen atoms in total. The first-order chi connectivity index (χ1) is 5.67. The Balaban J connectivity index is 4.30. The summed E-state index contributed by atoms with van der Waals surface area (Å²) in [6, 6.07) is -0.164. The van der Waals surface area contributed by atoms with Crippen LogP contribution in [0.25, 0.3) is 0 Å². The van der Waals surface area contributed by atoms with Crippen LogP contribution in [0.3, 0.4) is 0 Å². The Bertz CT molecular complexity index is 168. The number of halogens is 1. The maximum Gasteiger partial charge on any atom is 0.0682 e. The molecule has 0 saturated carbocycles. The fourth-order valence-corrected chi connectivity index (χ4v) is 1.59. The summed E-state index contributed by atoms with van der Waals surface area (Å²) in [5, 5.41) is 0.811. The maximum atomic E-state index is 13.0. The smallest absolute Gasteiger partial charge is 0.0682 e. The van der Waals surface area contributed by atoms with Crippen molar-refractivity contribution in [1.29, 1.82) is 0 Å². The van der Waals surface area contributed by atoms with Crippen molar-refractivity contribution in [3.8, 4) is 0 Å². The zero-order valence-corrected chi connectivity index (χ0v) is 8.70. The Morgan fingerprint density at radius 3 is 2.67 bits per heavy atom. The van der Waals surface area contributed by atoms with Crippen molar-refractivity contribution in [2.24, 2.45) is 0 Å². The molecule has 0 rings (SSSR count). The molecule has 0 aromatic rings. The van der Waals surface area contributed by atoms with E-state index in [1.165, 1.54) is 0 Å². The average Bonchev–Trinajstić information content (AvgIpc) is 2.11. The SMILES string of the molecule is C=C/C=C(\SC)C(C)N(F)CC. The molecule has 0 spiro atoms. The van der Waals surface area contributed by atoms with Gasteiger partial charge in [0.1, 0.15) is 0 Å². The number of hydrogen-bond donors (Lipinski definition) is 0. The number of nitrogens with zero attached hydrogens (tertiary/aromatic N) is 1. The van der Waals surface area contributed by atoms with Gasteiger partial charge in [-0.05, 0) is 20.1 Å². The standard InChI is InChI=1S/C9H16FNS/c1-5-7-9(12-4)8(3)11(10)6-2/h5,7-8H,1,6H2,2-4H3/b9-7-. The molecule has 70 valence electrons.